The molecule has 1 heterocycles. The normalized spacial score (nSPS) is 16.0. The van der Waals surface area contributed by atoms with Crippen molar-refractivity contribution in [1.82, 2.24) is 15.5 Å². The first-order valence-electron chi connectivity index (χ1n) is 9.30. The van der Waals surface area contributed by atoms with Gasteiger partial charge in [0, 0.05) is 33.6 Å². The predicted octanol–water partition coefficient (Wildman–Crippen LogP) is 2.51. The van der Waals surface area contributed by atoms with Crippen molar-refractivity contribution in [3.8, 4) is 5.75 Å². The summed E-state index contributed by atoms with van der Waals surface area (Å²) < 4.78 is 44.2. The fourth-order valence-corrected chi connectivity index (χ4v) is 3.20. The van der Waals surface area contributed by atoms with E-state index in [9.17, 15) is 18.0 Å². The van der Waals surface area contributed by atoms with Gasteiger partial charge in [0.05, 0.1) is 12.1 Å². The molecule has 2 N–H and O–H groups in total. The van der Waals surface area contributed by atoms with Gasteiger partial charge in [-0.2, -0.15) is 13.2 Å². The molecule has 28 heavy (non-hydrogen) atoms. The molecule has 2 rings (SSSR count). The summed E-state index contributed by atoms with van der Waals surface area (Å²) in [5.74, 6) is 0.918. The smallest absolute Gasteiger partial charge is 0.419 e. The molecule has 1 aliphatic rings. The summed E-state index contributed by atoms with van der Waals surface area (Å²) in [5, 5.41) is 5.77. The van der Waals surface area contributed by atoms with Gasteiger partial charge < -0.3 is 20.3 Å². The number of aliphatic imine (C=N–C) groups is 1. The molecule has 0 spiro atoms. The Hall–Kier alpha value is -2.45. The fourth-order valence-electron chi connectivity index (χ4n) is 3.20. The zero-order valence-corrected chi connectivity index (χ0v) is 16.2. The molecule has 1 fully saturated rings. The van der Waals surface area contributed by atoms with E-state index in [0.717, 1.165) is 32.0 Å². The van der Waals surface area contributed by atoms with E-state index < -0.39 is 11.7 Å². The average molecular weight is 400 g/mol. The number of halogens is 3. The molecule has 156 valence electrons. The maximum Gasteiger partial charge on any atom is 0.419 e. The molecule has 6 nitrogen and oxygen atoms in total. The van der Waals surface area contributed by atoms with Crippen molar-refractivity contribution in [2.75, 3.05) is 40.3 Å². The van der Waals surface area contributed by atoms with Gasteiger partial charge in [-0.1, -0.05) is 12.1 Å². The summed E-state index contributed by atoms with van der Waals surface area (Å²) in [6.07, 6.45) is -2.13. The van der Waals surface area contributed by atoms with Gasteiger partial charge in [-0.3, -0.25) is 9.79 Å². The largest absolute Gasteiger partial charge is 0.491 e. The van der Waals surface area contributed by atoms with E-state index in [0.29, 0.717) is 24.8 Å². The van der Waals surface area contributed by atoms with E-state index in [1.54, 1.807) is 14.1 Å². The highest BCUT2D eigenvalue weighted by molar-refractivity contribution is 5.80. The van der Waals surface area contributed by atoms with E-state index in [1.165, 1.54) is 18.2 Å². The van der Waals surface area contributed by atoms with Gasteiger partial charge in [0.15, 0.2) is 5.96 Å². The molecule has 1 aromatic rings. The number of rotatable bonds is 6. The Labute approximate surface area is 163 Å². The number of carbonyl (C=O) groups excluding carboxylic acids is 1. The number of para-hydroxylation sites is 1. The molecule has 1 aromatic carbocycles. The van der Waals surface area contributed by atoms with Gasteiger partial charge in [0.2, 0.25) is 5.91 Å². The predicted molar refractivity (Wildman–Crippen MR) is 101 cm³/mol. The van der Waals surface area contributed by atoms with Crippen molar-refractivity contribution in [2.45, 2.75) is 25.4 Å². The van der Waals surface area contributed by atoms with E-state index in [-0.39, 0.29) is 18.3 Å². The van der Waals surface area contributed by atoms with Gasteiger partial charge in [-0.15, -0.1) is 0 Å². The molecule has 1 aliphatic heterocycles. The lowest BCUT2D eigenvalue weighted by Crippen LogP contribution is -2.47. The maximum atomic E-state index is 13.0. The summed E-state index contributed by atoms with van der Waals surface area (Å²) in [6, 6.07) is 5.17. The molecular formula is C19H27F3N4O2. The van der Waals surface area contributed by atoms with Crippen LogP contribution in [-0.2, 0) is 11.0 Å². The number of carbonyl (C=O) groups is 1. The van der Waals surface area contributed by atoms with Crippen LogP contribution < -0.4 is 15.4 Å². The number of benzene rings is 1. The molecule has 0 bridgehead atoms. The lowest BCUT2D eigenvalue weighted by molar-refractivity contribution is -0.139. The molecule has 9 heteroatoms. The lowest BCUT2D eigenvalue weighted by atomic mass is 9.93. The Morgan fingerprint density at radius 1 is 1.29 bits per heavy atom. The summed E-state index contributed by atoms with van der Waals surface area (Å²) in [5.41, 5.74) is -0.780. The summed E-state index contributed by atoms with van der Waals surface area (Å²) in [7, 11) is 3.30. The SMILES string of the molecule is CN=C(NCCOc1ccccc1C(F)(F)F)N1CCC(CC(=O)NC)CC1. The van der Waals surface area contributed by atoms with Crippen molar-refractivity contribution in [1.29, 1.82) is 0 Å². The molecule has 0 saturated carbocycles. The first-order chi connectivity index (χ1) is 13.3. The monoisotopic (exact) mass is 400 g/mol. The molecule has 1 saturated heterocycles. The second kappa shape index (κ2) is 10.2. The number of likely N-dealkylation sites (tertiary alicyclic amines) is 1. The minimum Gasteiger partial charge on any atom is -0.491 e. The van der Waals surface area contributed by atoms with Crippen LogP contribution in [-0.4, -0.2) is 57.1 Å². The summed E-state index contributed by atoms with van der Waals surface area (Å²) >= 11 is 0. The third-order valence-corrected chi connectivity index (χ3v) is 4.71. The number of hydrogen-bond donors (Lipinski definition) is 2. The van der Waals surface area contributed by atoms with Crippen LogP contribution in [0.2, 0.25) is 0 Å². The zero-order valence-electron chi connectivity index (χ0n) is 16.2. The van der Waals surface area contributed by atoms with Crippen molar-refractivity contribution in [3.63, 3.8) is 0 Å². The maximum absolute atomic E-state index is 13.0. The zero-order chi connectivity index (χ0) is 20.6. The quantitative estimate of drug-likeness (QED) is 0.438. The number of alkyl halides is 3. The van der Waals surface area contributed by atoms with Gasteiger partial charge in [-0.25, -0.2) is 0 Å². The van der Waals surface area contributed by atoms with Crippen LogP contribution >= 0.6 is 0 Å². The van der Waals surface area contributed by atoms with E-state index in [2.05, 4.69) is 20.5 Å². The van der Waals surface area contributed by atoms with E-state index in [4.69, 9.17) is 4.74 Å². The van der Waals surface area contributed by atoms with Crippen LogP contribution in [0.4, 0.5) is 13.2 Å². The van der Waals surface area contributed by atoms with Crippen molar-refractivity contribution < 1.29 is 22.7 Å². The number of guanidine groups is 1. The number of amides is 1. The second-order valence-electron chi connectivity index (χ2n) is 6.62. The van der Waals surface area contributed by atoms with Crippen molar-refractivity contribution in [2.24, 2.45) is 10.9 Å². The first kappa shape index (κ1) is 21.8. The van der Waals surface area contributed by atoms with E-state index in [1.807, 2.05) is 0 Å². The molecule has 0 radical (unpaired) electrons. The van der Waals surface area contributed by atoms with Gasteiger partial charge in [0.25, 0.3) is 0 Å². The highest BCUT2D eigenvalue weighted by atomic mass is 19.4. The second-order valence-corrected chi connectivity index (χ2v) is 6.62. The fraction of sp³-hybridized carbons (Fsp3) is 0.579. The van der Waals surface area contributed by atoms with Crippen LogP contribution in [0, 0.1) is 5.92 Å². The number of nitrogens with one attached hydrogen (secondary N) is 2. The minimum atomic E-state index is -4.45. The number of nitrogens with zero attached hydrogens (tertiary/aromatic N) is 2. The van der Waals surface area contributed by atoms with Crippen LogP contribution in [0.3, 0.4) is 0 Å². The highest BCUT2D eigenvalue weighted by Gasteiger charge is 2.34. The highest BCUT2D eigenvalue weighted by Crippen LogP contribution is 2.35. The molecular weight excluding hydrogens is 373 g/mol. The number of ether oxygens (including phenoxy) is 1. The topological polar surface area (TPSA) is 66.0 Å². The molecule has 0 atom stereocenters. The van der Waals surface area contributed by atoms with E-state index >= 15 is 0 Å². The third kappa shape index (κ3) is 6.31. The van der Waals surface area contributed by atoms with Crippen LogP contribution in [0.1, 0.15) is 24.8 Å². The third-order valence-electron chi connectivity index (χ3n) is 4.71. The van der Waals surface area contributed by atoms with Crippen molar-refractivity contribution in [3.05, 3.63) is 29.8 Å². The Kier molecular flexibility index (Phi) is 7.95. The van der Waals surface area contributed by atoms with Crippen LogP contribution in [0.15, 0.2) is 29.3 Å². The molecule has 1 amide bonds. The standard InChI is InChI=1S/C19H27F3N4O2/c1-23-17(27)13-14-7-10-26(11-8-14)18(24-2)25-9-12-28-16-6-4-3-5-15(16)19(20,21)22/h3-6,14H,7-13H2,1-2H3,(H,23,27)(H,24,25). The first-order valence-corrected chi connectivity index (χ1v) is 9.30. The van der Waals surface area contributed by atoms with Gasteiger partial charge >= 0.3 is 6.18 Å². The van der Waals surface area contributed by atoms with Gasteiger partial charge in [0.1, 0.15) is 12.4 Å². The van der Waals surface area contributed by atoms with Crippen molar-refractivity contribution >= 4 is 11.9 Å². The Morgan fingerprint density at radius 3 is 2.57 bits per heavy atom. The number of piperidine rings is 1. The van der Waals surface area contributed by atoms with Crippen LogP contribution in [0.5, 0.6) is 5.75 Å². The molecule has 0 aromatic heterocycles. The lowest BCUT2D eigenvalue weighted by Gasteiger charge is -2.34. The Balaban J connectivity index is 1.78. The average Bonchev–Trinajstić information content (AvgIpc) is 2.68. The minimum absolute atomic E-state index is 0.0530. The Morgan fingerprint density at radius 2 is 1.96 bits per heavy atom. The Bertz CT molecular complexity index is 671. The molecule has 0 unspecified atom stereocenters. The molecule has 0 aliphatic carbocycles. The summed E-state index contributed by atoms with van der Waals surface area (Å²) in [6.45, 7) is 1.97. The number of hydrogen-bond acceptors (Lipinski definition) is 3. The summed E-state index contributed by atoms with van der Waals surface area (Å²) in [4.78, 5) is 17.8. The van der Waals surface area contributed by atoms with Gasteiger partial charge in [-0.05, 0) is 30.9 Å². The van der Waals surface area contributed by atoms with Crippen LogP contribution in [0.25, 0.3) is 0 Å².